The molecular formula is C23H26NO4+. The maximum absolute atomic E-state index is 12.1. The van der Waals surface area contributed by atoms with Crippen molar-refractivity contribution in [1.29, 1.82) is 0 Å². The molecule has 2 atom stereocenters. The highest BCUT2D eigenvalue weighted by Crippen LogP contribution is 2.30. The van der Waals surface area contributed by atoms with Gasteiger partial charge >= 0.3 is 5.63 Å². The van der Waals surface area contributed by atoms with E-state index in [0.717, 1.165) is 47.6 Å². The fraction of sp³-hybridized carbons (Fsp3) is 0.348. The van der Waals surface area contributed by atoms with Gasteiger partial charge in [-0.25, -0.2) is 4.79 Å². The Bertz CT molecular complexity index is 1060. The van der Waals surface area contributed by atoms with Crippen LogP contribution in [0.15, 0.2) is 51.7 Å². The van der Waals surface area contributed by atoms with Gasteiger partial charge < -0.3 is 18.8 Å². The van der Waals surface area contributed by atoms with Crippen LogP contribution in [0.25, 0.3) is 11.0 Å². The number of hydrogen-bond acceptors (Lipinski definition) is 4. The van der Waals surface area contributed by atoms with Crippen LogP contribution in [-0.4, -0.2) is 25.8 Å². The van der Waals surface area contributed by atoms with E-state index >= 15 is 0 Å². The topological polar surface area (TPSA) is 53.1 Å². The summed E-state index contributed by atoms with van der Waals surface area (Å²) in [6.45, 7) is 9.27. The van der Waals surface area contributed by atoms with E-state index in [1.807, 2.05) is 37.3 Å². The van der Waals surface area contributed by atoms with Crippen LogP contribution in [0.5, 0.6) is 11.5 Å². The summed E-state index contributed by atoms with van der Waals surface area (Å²) in [6.07, 6.45) is -0.0137. The molecule has 0 amide bonds. The summed E-state index contributed by atoms with van der Waals surface area (Å²) in [4.78, 5) is 13.4. The maximum atomic E-state index is 12.1. The van der Waals surface area contributed by atoms with Gasteiger partial charge in [0.1, 0.15) is 25.3 Å². The molecule has 2 aromatic carbocycles. The van der Waals surface area contributed by atoms with Crippen LogP contribution in [0.1, 0.15) is 23.6 Å². The molecule has 1 aromatic heterocycles. The lowest BCUT2D eigenvalue weighted by Gasteiger charge is -2.29. The second kappa shape index (κ2) is 7.68. The van der Waals surface area contributed by atoms with E-state index in [1.54, 1.807) is 6.07 Å². The molecule has 146 valence electrons. The minimum Gasteiger partial charge on any atom is -0.486 e. The first-order chi connectivity index (χ1) is 13.5. The Balaban J connectivity index is 1.56. The number of nitrogens with one attached hydrogen (secondary N) is 1. The van der Waals surface area contributed by atoms with Gasteiger partial charge in [0.2, 0.25) is 0 Å². The molecule has 0 spiro atoms. The highest BCUT2D eigenvalue weighted by molar-refractivity contribution is 5.81. The highest BCUT2D eigenvalue weighted by atomic mass is 16.6. The molecule has 1 aliphatic heterocycles. The predicted molar refractivity (Wildman–Crippen MR) is 108 cm³/mol. The molecule has 2 heterocycles. The van der Waals surface area contributed by atoms with E-state index in [0.29, 0.717) is 12.2 Å². The van der Waals surface area contributed by atoms with E-state index in [1.165, 1.54) is 10.5 Å². The second-order valence-corrected chi connectivity index (χ2v) is 7.51. The molecule has 0 aliphatic carbocycles. The Morgan fingerprint density at radius 3 is 2.61 bits per heavy atom. The van der Waals surface area contributed by atoms with Gasteiger partial charge in [0.25, 0.3) is 0 Å². The zero-order valence-electron chi connectivity index (χ0n) is 16.6. The average molecular weight is 380 g/mol. The first-order valence-electron chi connectivity index (χ1n) is 9.79. The van der Waals surface area contributed by atoms with Crippen molar-refractivity contribution < 1.29 is 18.8 Å². The lowest BCUT2D eigenvalue weighted by atomic mass is 10.0. The van der Waals surface area contributed by atoms with Crippen LogP contribution in [0.3, 0.4) is 0 Å². The van der Waals surface area contributed by atoms with Crippen molar-refractivity contribution in [3.8, 4) is 11.5 Å². The molecule has 0 saturated heterocycles. The summed E-state index contributed by atoms with van der Waals surface area (Å²) in [5.74, 6) is 1.60. The van der Waals surface area contributed by atoms with Crippen molar-refractivity contribution >= 4 is 11.0 Å². The minimum atomic E-state index is -0.299. The van der Waals surface area contributed by atoms with Gasteiger partial charge in [-0.3, -0.25) is 0 Å². The molecule has 5 nitrogen and oxygen atoms in total. The second-order valence-electron chi connectivity index (χ2n) is 7.51. The van der Waals surface area contributed by atoms with E-state index in [-0.39, 0.29) is 11.7 Å². The van der Waals surface area contributed by atoms with Gasteiger partial charge in [0, 0.05) is 17.0 Å². The Morgan fingerprint density at radius 1 is 1.07 bits per heavy atom. The molecule has 5 heteroatoms. The first-order valence-corrected chi connectivity index (χ1v) is 9.79. The summed E-state index contributed by atoms with van der Waals surface area (Å²) in [7, 11) is 0. The van der Waals surface area contributed by atoms with Crippen molar-refractivity contribution in [2.75, 3.05) is 19.7 Å². The van der Waals surface area contributed by atoms with Crippen molar-refractivity contribution in [2.24, 2.45) is 0 Å². The zero-order chi connectivity index (χ0) is 19.7. The average Bonchev–Trinajstić information content (AvgIpc) is 2.68. The number of ether oxygens (including phenoxy) is 2. The van der Waals surface area contributed by atoms with Crippen molar-refractivity contribution in [3.05, 3.63) is 69.6 Å². The van der Waals surface area contributed by atoms with Crippen LogP contribution in [-0.2, 0) is 6.54 Å². The van der Waals surface area contributed by atoms with Gasteiger partial charge in [-0.1, -0.05) is 12.1 Å². The summed E-state index contributed by atoms with van der Waals surface area (Å²) in [5.41, 5.74) is 3.70. The minimum absolute atomic E-state index is 0.0137. The standard InChI is InChI=1S/C23H25NO4/c1-4-24(13-18-14-26-20-7-5-6-8-21(20)27-18)12-17-11-23(25)28-22-10-16(3)15(2)9-19(17)22/h5-11,18H,4,12-14H2,1-3H3/p+1/t18-/m0/s1. The quantitative estimate of drug-likeness (QED) is 0.692. The first kappa shape index (κ1) is 18.6. The molecule has 0 fully saturated rings. The Morgan fingerprint density at radius 2 is 1.82 bits per heavy atom. The lowest BCUT2D eigenvalue weighted by molar-refractivity contribution is -0.914. The summed E-state index contributed by atoms with van der Waals surface area (Å²) in [6, 6.07) is 13.5. The largest absolute Gasteiger partial charge is 0.486 e. The molecule has 28 heavy (non-hydrogen) atoms. The third-order valence-corrected chi connectivity index (χ3v) is 5.47. The van der Waals surface area contributed by atoms with Gasteiger partial charge in [-0.2, -0.15) is 0 Å². The number of benzene rings is 2. The lowest BCUT2D eigenvalue weighted by Crippen LogP contribution is -3.11. The fourth-order valence-corrected chi connectivity index (χ4v) is 3.73. The molecule has 0 bridgehead atoms. The smallest absolute Gasteiger partial charge is 0.336 e. The van der Waals surface area contributed by atoms with Crippen LogP contribution in [0.2, 0.25) is 0 Å². The van der Waals surface area contributed by atoms with Crippen LogP contribution < -0.4 is 20.0 Å². The van der Waals surface area contributed by atoms with Crippen LogP contribution in [0, 0.1) is 13.8 Å². The normalized spacial score (nSPS) is 16.9. The predicted octanol–water partition coefficient (Wildman–Crippen LogP) is 2.65. The van der Waals surface area contributed by atoms with Crippen LogP contribution in [0.4, 0.5) is 0 Å². The van der Waals surface area contributed by atoms with E-state index in [2.05, 4.69) is 19.9 Å². The van der Waals surface area contributed by atoms with Gasteiger partial charge in [0.05, 0.1) is 6.54 Å². The third kappa shape index (κ3) is 3.76. The van der Waals surface area contributed by atoms with E-state index in [4.69, 9.17) is 13.9 Å². The number of quaternary nitrogens is 1. The molecule has 1 aliphatic rings. The molecule has 1 N–H and O–H groups in total. The Labute approximate surface area is 164 Å². The number of fused-ring (bicyclic) bond motifs is 2. The molecule has 1 unspecified atom stereocenters. The number of aryl methyl sites for hydroxylation is 2. The fourth-order valence-electron chi connectivity index (χ4n) is 3.73. The number of likely N-dealkylation sites (N-methyl/N-ethyl adjacent to an activating group) is 1. The van der Waals surface area contributed by atoms with Crippen molar-refractivity contribution in [3.63, 3.8) is 0 Å². The van der Waals surface area contributed by atoms with E-state index < -0.39 is 0 Å². The monoisotopic (exact) mass is 380 g/mol. The number of hydrogen-bond donors (Lipinski definition) is 1. The third-order valence-electron chi connectivity index (χ3n) is 5.47. The Hall–Kier alpha value is -2.79. The van der Waals surface area contributed by atoms with Crippen molar-refractivity contribution in [1.82, 2.24) is 0 Å². The molecule has 3 aromatic rings. The molecule has 0 saturated carbocycles. The molecule has 0 radical (unpaired) electrons. The van der Waals surface area contributed by atoms with Gasteiger partial charge in [-0.05, 0) is 56.2 Å². The zero-order valence-corrected chi connectivity index (χ0v) is 16.6. The Kier molecular flexibility index (Phi) is 5.09. The highest BCUT2D eigenvalue weighted by Gasteiger charge is 2.25. The maximum Gasteiger partial charge on any atom is 0.336 e. The van der Waals surface area contributed by atoms with E-state index in [9.17, 15) is 4.79 Å². The summed E-state index contributed by atoms with van der Waals surface area (Å²) < 4.78 is 17.4. The van der Waals surface area contributed by atoms with Crippen LogP contribution >= 0.6 is 0 Å². The van der Waals surface area contributed by atoms with Gasteiger partial charge in [-0.15, -0.1) is 0 Å². The summed E-state index contributed by atoms with van der Waals surface area (Å²) >= 11 is 0. The molecular weight excluding hydrogens is 354 g/mol. The molecule has 4 rings (SSSR count). The van der Waals surface area contributed by atoms with Crippen molar-refractivity contribution in [2.45, 2.75) is 33.4 Å². The number of rotatable bonds is 5. The van der Waals surface area contributed by atoms with Gasteiger partial charge in [0.15, 0.2) is 17.6 Å². The SMILES string of the molecule is CC[NH+](Cc1cc(=O)oc2cc(C)c(C)cc12)C[C@H]1COc2ccccc2O1. The number of para-hydroxylation sites is 2. The summed E-state index contributed by atoms with van der Waals surface area (Å²) in [5, 5.41) is 1.01.